The molecule has 0 spiro atoms. The second-order valence-corrected chi connectivity index (χ2v) is 3.41. The number of rotatable bonds is 1. The van der Waals surface area contributed by atoms with Gasteiger partial charge in [-0.2, -0.15) is 0 Å². The number of aliphatic hydroxyl groups excluding tert-OH is 3. The lowest BCUT2D eigenvalue weighted by molar-refractivity contribution is -0.307. The van der Waals surface area contributed by atoms with E-state index in [0.29, 0.717) is 0 Å². The van der Waals surface area contributed by atoms with Gasteiger partial charge in [-0.3, -0.25) is 0 Å². The number of hydrogen-bond donors (Lipinski definition) is 5. The minimum atomic E-state index is -2.15. The minimum Gasteiger partial charge on any atom is -0.479 e. The second-order valence-electron chi connectivity index (χ2n) is 3.41. The maximum absolute atomic E-state index is 10.6. The van der Waals surface area contributed by atoms with Crippen molar-refractivity contribution in [3.05, 3.63) is 0 Å². The van der Waals surface area contributed by atoms with Gasteiger partial charge >= 0.3 is 5.97 Å². The summed E-state index contributed by atoms with van der Waals surface area (Å²) in [5, 5.41) is 45.5. The first-order valence-corrected chi connectivity index (χ1v) is 3.93. The molecule has 1 aliphatic heterocycles. The van der Waals surface area contributed by atoms with Gasteiger partial charge < -0.3 is 30.3 Å². The highest BCUT2D eigenvalue weighted by Crippen LogP contribution is 2.28. The van der Waals surface area contributed by atoms with Gasteiger partial charge in [0, 0.05) is 0 Å². The highest BCUT2D eigenvalue weighted by molar-refractivity contribution is 5.74. The van der Waals surface area contributed by atoms with Crippen LogP contribution in [-0.4, -0.2) is 61.7 Å². The lowest BCUT2D eigenvalue weighted by Gasteiger charge is -2.43. The molecule has 82 valence electrons. The minimum absolute atomic E-state index is 1.01. The monoisotopic (exact) mass is 208 g/mol. The summed E-state index contributed by atoms with van der Waals surface area (Å²) in [6.45, 7) is 1.01. The van der Waals surface area contributed by atoms with E-state index in [-0.39, 0.29) is 0 Å². The quantitative estimate of drug-likeness (QED) is 0.316. The van der Waals surface area contributed by atoms with Crippen LogP contribution in [0.5, 0.6) is 0 Å². The van der Waals surface area contributed by atoms with Crippen molar-refractivity contribution in [1.82, 2.24) is 0 Å². The van der Waals surface area contributed by atoms with Crippen LogP contribution in [0.1, 0.15) is 6.92 Å². The van der Waals surface area contributed by atoms with Crippen LogP contribution in [0.15, 0.2) is 0 Å². The summed E-state index contributed by atoms with van der Waals surface area (Å²) in [7, 11) is 0. The molecule has 0 aromatic rings. The number of carboxylic acids is 1. The summed E-state index contributed by atoms with van der Waals surface area (Å²) in [5.41, 5.74) is -2.15. The fourth-order valence-corrected chi connectivity index (χ4v) is 1.32. The lowest BCUT2D eigenvalue weighted by atomic mass is 9.86. The van der Waals surface area contributed by atoms with E-state index >= 15 is 0 Å². The third-order valence-electron chi connectivity index (χ3n) is 2.25. The van der Waals surface area contributed by atoms with E-state index in [2.05, 4.69) is 4.74 Å². The van der Waals surface area contributed by atoms with E-state index < -0.39 is 36.2 Å². The standard InChI is InChI=1S/C7H12O7/c1-7(13)3(9)2(8)6(12)14-4(7)5(10)11/h2-4,6,8-9,12-13H,1H3,(H,10,11)/t2-,3-,4-,6-,7+/m1/s1. The Morgan fingerprint density at radius 2 is 1.86 bits per heavy atom. The Hall–Kier alpha value is -0.730. The topological polar surface area (TPSA) is 127 Å². The Morgan fingerprint density at radius 1 is 1.36 bits per heavy atom. The van der Waals surface area contributed by atoms with Crippen LogP contribution in [0.2, 0.25) is 0 Å². The van der Waals surface area contributed by atoms with E-state index in [1.54, 1.807) is 0 Å². The largest absolute Gasteiger partial charge is 0.479 e. The first-order valence-electron chi connectivity index (χ1n) is 3.93. The maximum Gasteiger partial charge on any atom is 0.336 e. The predicted octanol–water partition coefficient (Wildman–Crippen LogP) is -2.74. The smallest absolute Gasteiger partial charge is 0.336 e. The van der Waals surface area contributed by atoms with Crippen LogP contribution >= 0.6 is 0 Å². The van der Waals surface area contributed by atoms with Crippen LogP contribution in [0.3, 0.4) is 0 Å². The molecule has 1 fully saturated rings. The van der Waals surface area contributed by atoms with Gasteiger partial charge in [0.15, 0.2) is 12.4 Å². The Labute approximate surface area is 79.2 Å². The Kier molecular flexibility index (Phi) is 2.79. The Bertz CT molecular complexity index is 238. The summed E-state index contributed by atoms with van der Waals surface area (Å²) in [4.78, 5) is 10.6. The molecule has 5 N–H and O–H groups in total. The Morgan fingerprint density at radius 3 is 2.29 bits per heavy atom. The van der Waals surface area contributed by atoms with Gasteiger partial charge in [-0.1, -0.05) is 0 Å². The summed E-state index contributed by atoms with van der Waals surface area (Å²) in [6, 6.07) is 0. The van der Waals surface area contributed by atoms with Crippen molar-refractivity contribution in [2.75, 3.05) is 0 Å². The first kappa shape index (κ1) is 11.3. The van der Waals surface area contributed by atoms with Gasteiger partial charge in [-0.15, -0.1) is 0 Å². The fraction of sp³-hybridized carbons (Fsp3) is 0.857. The van der Waals surface area contributed by atoms with Crippen LogP contribution in [0.4, 0.5) is 0 Å². The average molecular weight is 208 g/mol. The number of carboxylic acid groups (broad SMARTS) is 1. The third kappa shape index (κ3) is 1.60. The van der Waals surface area contributed by atoms with Crippen molar-refractivity contribution in [2.45, 2.75) is 37.1 Å². The molecular formula is C7H12O7. The normalized spacial score (nSPS) is 48.9. The van der Waals surface area contributed by atoms with Crippen molar-refractivity contribution in [3.63, 3.8) is 0 Å². The number of hydrogen-bond acceptors (Lipinski definition) is 6. The van der Waals surface area contributed by atoms with E-state index in [4.69, 9.17) is 15.3 Å². The van der Waals surface area contributed by atoms with Crippen molar-refractivity contribution >= 4 is 5.97 Å². The molecule has 0 radical (unpaired) electrons. The van der Waals surface area contributed by atoms with Gasteiger partial charge in [0.25, 0.3) is 0 Å². The molecule has 5 atom stereocenters. The number of aliphatic carboxylic acids is 1. The molecule has 7 heteroatoms. The van der Waals surface area contributed by atoms with E-state index in [0.717, 1.165) is 6.92 Å². The van der Waals surface area contributed by atoms with Gasteiger partial charge in [0.05, 0.1) is 0 Å². The second kappa shape index (κ2) is 3.44. The zero-order valence-corrected chi connectivity index (χ0v) is 7.36. The number of aliphatic hydroxyl groups is 4. The third-order valence-corrected chi connectivity index (χ3v) is 2.25. The molecule has 1 rings (SSSR count). The summed E-state index contributed by atoms with van der Waals surface area (Å²) >= 11 is 0. The molecule has 0 unspecified atom stereocenters. The molecule has 0 aromatic carbocycles. The predicted molar refractivity (Wildman–Crippen MR) is 41.2 cm³/mol. The van der Waals surface area contributed by atoms with Crippen LogP contribution in [-0.2, 0) is 9.53 Å². The maximum atomic E-state index is 10.6. The van der Waals surface area contributed by atoms with Crippen molar-refractivity contribution in [1.29, 1.82) is 0 Å². The molecule has 0 amide bonds. The fourth-order valence-electron chi connectivity index (χ4n) is 1.32. The number of carbonyl (C=O) groups is 1. The highest BCUT2D eigenvalue weighted by Gasteiger charge is 2.54. The van der Waals surface area contributed by atoms with Gasteiger partial charge in [0.1, 0.15) is 17.8 Å². The van der Waals surface area contributed by atoms with Crippen LogP contribution in [0, 0.1) is 0 Å². The van der Waals surface area contributed by atoms with Crippen molar-refractivity contribution in [3.8, 4) is 0 Å². The molecule has 1 saturated heterocycles. The van der Waals surface area contributed by atoms with Crippen molar-refractivity contribution in [2.24, 2.45) is 0 Å². The van der Waals surface area contributed by atoms with E-state index in [9.17, 15) is 15.0 Å². The zero-order chi connectivity index (χ0) is 11.1. The van der Waals surface area contributed by atoms with Crippen molar-refractivity contribution < 1.29 is 35.1 Å². The van der Waals surface area contributed by atoms with E-state index in [1.807, 2.05) is 0 Å². The highest BCUT2D eigenvalue weighted by atomic mass is 16.6. The van der Waals surface area contributed by atoms with Crippen LogP contribution in [0.25, 0.3) is 0 Å². The first-order chi connectivity index (χ1) is 6.28. The lowest BCUT2D eigenvalue weighted by Crippen LogP contribution is -2.66. The molecule has 1 aliphatic rings. The summed E-state index contributed by atoms with van der Waals surface area (Å²) < 4.78 is 4.44. The Balaban J connectivity index is 2.95. The van der Waals surface area contributed by atoms with Gasteiger partial charge in [-0.05, 0) is 6.92 Å². The molecule has 0 aliphatic carbocycles. The molecule has 1 heterocycles. The average Bonchev–Trinajstić information content (AvgIpc) is 2.08. The summed E-state index contributed by atoms with van der Waals surface area (Å²) in [6.07, 6.45) is -7.13. The molecule has 0 saturated carbocycles. The SMILES string of the molecule is C[C@@]1(O)[C@@H](C(=O)O)O[C@@H](O)[C@H](O)[C@H]1O. The zero-order valence-electron chi connectivity index (χ0n) is 7.36. The van der Waals surface area contributed by atoms with Gasteiger partial charge in [-0.25, -0.2) is 4.79 Å². The molecule has 0 bridgehead atoms. The van der Waals surface area contributed by atoms with Crippen LogP contribution < -0.4 is 0 Å². The van der Waals surface area contributed by atoms with Gasteiger partial charge in [0.2, 0.25) is 0 Å². The molecule has 0 aromatic heterocycles. The molecule has 7 nitrogen and oxygen atoms in total. The molecule has 14 heavy (non-hydrogen) atoms. The number of ether oxygens (including phenoxy) is 1. The molecular weight excluding hydrogens is 196 g/mol. The summed E-state index contributed by atoms with van der Waals surface area (Å²) in [5.74, 6) is -1.53. The van der Waals surface area contributed by atoms with E-state index in [1.165, 1.54) is 0 Å².